The van der Waals surface area contributed by atoms with E-state index in [4.69, 9.17) is 0 Å². The third-order valence-electron chi connectivity index (χ3n) is 3.86. The van der Waals surface area contributed by atoms with Crippen molar-refractivity contribution < 1.29 is 14.7 Å². The number of aromatic nitrogens is 1. The molecule has 1 aliphatic heterocycles. The average Bonchev–Trinajstić information content (AvgIpc) is 3.14. The number of likely N-dealkylation sites (tertiary alicyclic amines) is 1. The minimum Gasteiger partial charge on any atom is -0.481 e. The average molecular weight is 260 g/mol. The van der Waals surface area contributed by atoms with Gasteiger partial charge in [-0.15, -0.1) is 0 Å². The fourth-order valence-corrected chi connectivity index (χ4v) is 2.76. The normalized spacial score (nSPS) is 26.8. The van der Waals surface area contributed by atoms with Gasteiger partial charge in [-0.25, -0.2) is 0 Å². The number of carbonyl (C=O) groups excluding carboxylic acids is 1. The molecule has 1 N–H and O–H groups in total. The third-order valence-corrected chi connectivity index (χ3v) is 3.86. The lowest BCUT2D eigenvalue weighted by atomic mass is 9.97. The Kier molecular flexibility index (Phi) is 2.77. The fourth-order valence-electron chi connectivity index (χ4n) is 2.76. The van der Waals surface area contributed by atoms with Crippen LogP contribution in [0.5, 0.6) is 0 Å². The largest absolute Gasteiger partial charge is 0.481 e. The fraction of sp³-hybridized carbons (Fsp3) is 0.500. The Morgan fingerprint density at radius 3 is 2.68 bits per heavy atom. The summed E-state index contributed by atoms with van der Waals surface area (Å²) in [6, 6.07) is 3.56. The first-order chi connectivity index (χ1) is 9.08. The summed E-state index contributed by atoms with van der Waals surface area (Å²) < 4.78 is 0. The van der Waals surface area contributed by atoms with E-state index < -0.39 is 17.9 Å². The maximum absolute atomic E-state index is 12.1. The molecule has 5 heteroatoms. The zero-order valence-electron chi connectivity index (χ0n) is 10.7. The molecular formula is C14H16N2O3. The standard InChI is InChI=1S/C14H16N2O3/c1-8-2-5-11(15-7-8)13-10(14(18)19)6-12(17)16(13)9-3-4-9/h2,5,7,9-10,13H,3-4,6H2,1H3,(H,18,19). The van der Waals surface area contributed by atoms with Gasteiger partial charge in [0.1, 0.15) is 0 Å². The number of hydrogen-bond acceptors (Lipinski definition) is 3. The van der Waals surface area contributed by atoms with E-state index in [1.807, 2.05) is 19.1 Å². The van der Waals surface area contributed by atoms with E-state index in [1.54, 1.807) is 11.1 Å². The molecule has 1 aromatic heterocycles. The summed E-state index contributed by atoms with van der Waals surface area (Å²) in [4.78, 5) is 29.5. The van der Waals surface area contributed by atoms with Crippen molar-refractivity contribution in [2.24, 2.45) is 5.92 Å². The molecule has 19 heavy (non-hydrogen) atoms. The first kappa shape index (κ1) is 12.1. The van der Waals surface area contributed by atoms with E-state index in [0.29, 0.717) is 5.69 Å². The molecule has 2 fully saturated rings. The van der Waals surface area contributed by atoms with Gasteiger partial charge >= 0.3 is 5.97 Å². The highest BCUT2D eigenvalue weighted by Crippen LogP contribution is 2.44. The molecule has 1 aromatic rings. The van der Waals surface area contributed by atoms with Crippen LogP contribution in [-0.2, 0) is 9.59 Å². The van der Waals surface area contributed by atoms with E-state index in [9.17, 15) is 14.7 Å². The summed E-state index contributed by atoms with van der Waals surface area (Å²) in [5, 5.41) is 9.33. The van der Waals surface area contributed by atoms with Gasteiger partial charge in [0.25, 0.3) is 0 Å². The van der Waals surface area contributed by atoms with E-state index in [2.05, 4.69) is 4.98 Å². The molecule has 0 aromatic carbocycles. The Bertz CT molecular complexity index is 522. The van der Waals surface area contributed by atoms with Crippen LogP contribution in [0.25, 0.3) is 0 Å². The smallest absolute Gasteiger partial charge is 0.309 e. The lowest BCUT2D eigenvalue weighted by molar-refractivity contribution is -0.142. The molecule has 1 saturated heterocycles. The van der Waals surface area contributed by atoms with Crippen molar-refractivity contribution in [1.82, 2.24) is 9.88 Å². The molecule has 100 valence electrons. The summed E-state index contributed by atoms with van der Waals surface area (Å²) in [7, 11) is 0. The Morgan fingerprint density at radius 2 is 2.16 bits per heavy atom. The lowest BCUT2D eigenvalue weighted by Gasteiger charge is -2.26. The van der Waals surface area contributed by atoms with Crippen LogP contribution in [0.3, 0.4) is 0 Å². The second kappa shape index (κ2) is 4.33. The molecule has 5 nitrogen and oxygen atoms in total. The van der Waals surface area contributed by atoms with Crippen LogP contribution < -0.4 is 0 Å². The molecule has 2 atom stereocenters. The molecule has 2 unspecified atom stereocenters. The zero-order valence-corrected chi connectivity index (χ0v) is 10.7. The predicted molar refractivity (Wildman–Crippen MR) is 67.3 cm³/mol. The number of carboxylic acids is 1. The van der Waals surface area contributed by atoms with E-state index in [-0.39, 0.29) is 18.4 Å². The van der Waals surface area contributed by atoms with Gasteiger partial charge in [-0.1, -0.05) is 6.07 Å². The summed E-state index contributed by atoms with van der Waals surface area (Å²) in [5.41, 5.74) is 1.72. The van der Waals surface area contributed by atoms with Crippen molar-refractivity contribution >= 4 is 11.9 Å². The van der Waals surface area contributed by atoms with Crippen molar-refractivity contribution in [2.75, 3.05) is 0 Å². The third kappa shape index (κ3) is 2.09. The lowest BCUT2D eigenvalue weighted by Crippen LogP contribution is -2.33. The monoisotopic (exact) mass is 260 g/mol. The molecule has 0 bridgehead atoms. The summed E-state index contributed by atoms with van der Waals surface area (Å²) in [6.45, 7) is 1.93. The maximum Gasteiger partial charge on any atom is 0.309 e. The molecule has 2 heterocycles. The SMILES string of the molecule is Cc1ccc(C2C(C(=O)O)CC(=O)N2C2CC2)nc1. The first-order valence-corrected chi connectivity index (χ1v) is 6.54. The van der Waals surface area contributed by atoms with Gasteiger partial charge in [0, 0.05) is 18.7 Å². The van der Waals surface area contributed by atoms with E-state index >= 15 is 0 Å². The molecule has 2 aliphatic rings. The Morgan fingerprint density at radius 1 is 1.42 bits per heavy atom. The number of carbonyl (C=O) groups is 2. The Balaban J connectivity index is 1.98. The topological polar surface area (TPSA) is 70.5 Å². The summed E-state index contributed by atoms with van der Waals surface area (Å²) in [6.07, 6.45) is 3.76. The Hall–Kier alpha value is -1.91. The number of nitrogens with zero attached hydrogens (tertiary/aromatic N) is 2. The van der Waals surface area contributed by atoms with Crippen LogP contribution >= 0.6 is 0 Å². The maximum atomic E-state index is 12.1. The van der Waals surface area contributed by atoms with Gasteiger partial charge in [0.15, 0.2) is 0 Å². The Labute approximate surface area is 111 Å². The number of rotatable bonds is 3. The van der Waals surface area contributed by atoms with E-state index in [1.165, 1.54) is 0 Å². The van der Waals surface area contributed by atoms with Crippen molar-refractivity contribution in [3.8, 4) is 0 Å². The summed E-state index contributed by atoms with van der Waals surface area (Å²) in [5.74, 6) is -1.64. The molecule has 1 aliphatic carbocycles. The highest BCUT2D eigenvalue weighted by atomic mass is 16.4. The minimum absolute atomic E-state index is 0.0534. The highest BCUT2D eigenvalue weighted by Gasteiger charge is 2.50. The summed E-state index contributed by atoms with van der Waals surface area (Å²) >= 11 is 0. The van der Waals surface area contributed by atoms with Crippen molar-refractivity contribution in [3.05, 3.63) is 29.6 Å². The number of pyridine rings is 1. The van der Waals surface area contributed by atoms with Gasteiger partial charge in [0.05, 0.1) is 17.7 Å². The van der Waals surface area contributed by atoms with Gasteiger partial charge in [-0.3, -0.25) is 14.6 Å². The molecule has 1 saturated carbocycles. The number of amides is 1. The van der Waals surface area contributed by atoms with Crippen LogP contribution in [0, 0.1) is 12.8 Å². The van der Waals surface area contributed by atoms with Crippen molar-refractivity contribution in [1.29, 1.82) is 0 Å². The van der Waals surface area contributed by atoms with Crippen LogP contribution in [0.1, 0.15) is 36.6 Å². The van der Waals surface area contributed by atoms with Crippen molar-refractivity contribution in [3.63, 3.8) is 0 Å². The molecule has 0 radical (unpaired) electrons. The minimum atomic E-state index is -0.913. The van der Waals surface area contributed by atoms with Gasteiger partial charge in [-0.2, -0.15) is 0 Å². The quantitative estimate of drug-likeness (QED) is 0.894. The molecule has 3 rings (SSSR count). The van der Waals surface area contributed by atoms with Gasteiger partial charge in [-0.05, 0) is 31.4 Å². The number of hydrogen-bond donors (Lipinski definition) is 1. The van der Waals surface area contributed by atoms with Crippen LogP contribution in [0.15, 0.2) is 18.3 Å². The van der Waals surface area contributed by atoms with Crippen LogP contribution in [-0.4, -0.2) is 32.9 Å². The molecular weight excluding hydrogens is 244 g/mol. The second-order valence-corrected chi connectivity index (χ2v) is 5.39. The number of carboxylic acid groups (broad SMARTS) is 1. The number of aryl methyl sites for hydroxylation is 1. The number of aliphatic carboxylic acids is 1. The second-order valence-electron chi connectivity index (χ2n) is 5.39. The highest BCUT2D eigenvalue weighted by molar-refractivity contribution is 5.87. The molecule has 0 spiro atoms. The van der Waals surface area contributed by atoms with Crippen molar-refractivity contribution in [2.45, 2.75) is 38.3 Å². The first-order valence-electron chi connectivity index (χ1n) is 6.54. The molecule has 1 amide bonds. The zero-order chi connectivity index (χ0) is 13.6. The van der Waals surface area contributed by atoms with Crippen LogP contribution in [0.2, 0.25) is 0 Å². The van der Waals surface area contributed by atoms with Gasteiger partial charge < -0.3 is 10.0 Å². The van der Waals surface area contributed by atoms with E-state index in [0.717, 1.165) is 18.4 Å². The van der Waals surface area contributed by atoms with Gasteiger partial charge in [0.2, 0.25) is 5.91 Å². The predicted octanol–water partition coefficient (Wildman–Crippen LogP) is 1.53. The van der Waals surface area contributed by atoms with Crippen LogP contribution in [0.4, 0.5) is 0 Å².